The van der Waals surface area contributed by atoms with E-state index in [1.54, 1.807) is 0 Å². The molecule has 2 rings (SSSR count). The lowest BCUT2D eigenvalue weighted by Gasteiger charge is -2.27. The Hall–Kier alpha value is -2.15. The van der Waals surface area contributed by atoms with Crippen LogP contribution in [0, 0.1) is 0 Å². The number of nitrogens with zero attached hydrogens (tertiary/aromatic N) is 1. The Bertz CT molecular complexity index is 742. The molecule has 0 fully saturated rings. The molecule has 0 N–H and O–H groups in total. The van der Waals surface area contributed by atoms with Gasteiger partial charge >= 0.3 is 0 Å². The van der Waals surface area contributed by atoms with Crippen molar-refractivity contribution in [1.82, 2.24) is 0 Å². The Labute approximate surface area is 173 Å². The number of allylic oxidation sites excluding steroid dienone is 1. The molecule has 0 saturated heterocycles. The first-order valence-electron chi connectivity index (χ1n) is 10.6. The smallest absolute Gasteiger partial charge is 0.0695 e. The van der Waals surface area contributed by atoms with Gasteiger partial charge in [0.2, 0.25) is 0 Å². The molecule has 1 unspecified atom stereocenters. The molecule has 2 aromatic carbocycles. The summed E-state index contributed by atoms with van der Waals surface area (Å²) >= 11 is 0. The zero-order valence-corrected chi connectivity index (χ0v) is 19.2. The van der Waals surface area contributed by atoms with Crippen molar-refractivity contribution in [3.63, 3.8) is 0 Å². The van der Waals surface area contributed by atoms with Crippen molar-refractivity contribution >= 4 is 11.9 Å². The standard InChI is InChI=1S/C25H33N.C2H6/c1-18(2)16-25(7,21-12-9-8-10-13-21)17-26-24-22(19(3)4)14-11-15-23(24)20(5)6;1-2/h8-15,17,19-20H,1,16H2,2-7H3;1-2H3. The van der Waals surface area contributed by atoms with Crippen LogP contribution in [0.4, 0.5) is 5.69 Å². The predicted octanol–water partition coefficient (Wildman–Crippen LogP) is 8.59. The molecule has 0 aliphatic rings. The van der Waals surface area contributed by atoms with Crippen LogP contribution in [-0.2, 0) is 5.41 Å². The number of aliphatic imine (C=N–C) groups is 1. The quantitative estimate of drug-likeness (QED) is 0.338. The van der Waals surface area contributed by atoms with Gasteiger partial charge in [0.1, 0.15) is 0 Å². The zero-order chi connectivity index (χ0) is 21.3. The van der Waals surface area contributed by atoms with E-state index >= 15 is 0 Å². The van der Waals surface area contributed by atoms with Crippen LogP contribution >= 0.6 is 0 Å². The first-order valence-corrected chi connectivity index (χ1v) is 10.6. The average molecular weight is 378 g/mol. The van der Waals surface area contributed by atoms with Crippen molar-refractivity contribution in [1.29, 1.82) is 0 Å². The Balaban J connectivity index is 0.00000190. The van der Waals surface area contributed by atoms with Crippen LogP contribution in [0.3, 0.4) is 0 Å². The topological polar surface area (TPSA) is 12.4 Å². The van der Waals surface area contributed by atoms with Crippen LogP contribution < -0.4 is 0 Å². The summed E-state index contributed by atoms with van der Waals surface area (Å²) < 4.78 is 0. The third-order valence-corrected chi connectivity index (χ3v) is 4.92. The first-order chi connectivity index (χ1) is 13.2. The van der Waals surface area contributed by atoms with E-state index in [1.807, 2.05) is 13.8 Å². The fourth-order valence-electron chi connectivity index (χ4n) is 3.54. The van der Waals surface area contributed by atoms with Crippen molar-refractivity contribution in [2.45, 2.75) is 79.1 Å². The highest BCUT2D eigenvalue weighted by molar-refractivity contribution is 5.78. The summed E-state index contributed by atoms with van der Waals surface area (Å²) in [6.07, 6.45) is 3.03. The SMILES string of the molecule is C=C(C)CC(C)(C=Nc1c(C(C)C)cccc1C(C)C)c1ccccc1.CC. The first kappa shape index (κ1) is 23.9. The van der Waals surface area contributed by atoms with Crippen molar-refractivity contribution in [2.75, 3.05) is 0 Å². The van der Waals surface area contributed by atoms with E-state index in [1.165, 1.54) is 22.3 Å². The lowest BCUT2D eigenvalue weighted by Crippen LogP contribution is -2.24. The minimum absolute atomic E-state index is 0.161. The third kappa shape index (κ3) is 6.19. The van der Waals surface area contributed by atoms with Gasteiger partial charge in [0.15, 0.2) is 0 Å². The molecule has 152 valence electrons. The molecule has 0 aliphatic carbocycles. The van der Waals surface area contributed by atoms with Gasteiger partial charge in [0, 0.05) is 11.6 Å². The van der Waals surface area contributed by atoms with Gasteiger partial charge in [-0.1, -0.05) is 103 Å². The summed E-state index contributed by atoms with van der Waals surface area (Å²) in [6.45, 7) is 21.5. The third-order valence-electron chi connectivity index (χ3n) is 4.92. The van der Waals surface area contributed by atoms with Gasteiger partial charge in [-0.3, -0.25) is 4.99 Å². The van der Waals surface area contributed by atoms with Crippen molar-refractivity contribution < 1.29 is 0 Å². The molecule has 0 aliphatic heterocycles. The number of rotatable bonds is 7. The van der Waals surface area contributed by atoms with Crippen molar-refractivity contribution in [3.05, 3.63) is 77.4 Å². The largest absolute Gasteiger partial charge is 0.260 e. The molecule has 0 heterocycles. The molecule has 0 bridgehead atoms. The molecule has 0 radical (unpaired) electrons. The van der Waals surface area contributed by atoms with Gasteiger partial charge in [0.25, 0.3) is 0 Å². The van der Waals surface area contributed by atoms with Crippen LogP contribution in [0.2, 0.25) is 0 Å². The van der Waals surface area contributed by atoms with Crippen LogP contribution in [0.15, 0.2) is 65.7 Å². The number of hydrogen-bond acceptors (Lipinski definition) is 1. The van der Waals surface area contributed by atoms with Crippen LogP contribution in [0.1, 0.15) is 90.3 Å². The van der Waals surface area contributed by atoms with Gasteiger partial charge in [0.05, 0.1) is 5.69 Å². The maximum Gasteiger partial charge on any atom is 0.0695 e. The fourth-order valence-corrected chi connectivity index (χ4v) is 3.54. The van der Waals surface area contributed by atoms with Crippen LogP contribution in [0.5, 0.6) is 0 Å². The average Bonchev–Trinajstić information content (AvgIpc) is 2.67. The minimum Gasteiger partial charge on any atom is -0.260 e. The van der Waals surface area contributed by atoms with Gasteiger partial charge in [-0.05, 0) is 41.9 Å². The lowest BCUT2D eigenvalue weighted by atomic mass is 9.78. The Morgan fingerprint density at radius 3 is 1.86 bits per heavy atom. The van der Waals surface area contributed by atoms with Gasteiger partial charge in [-0.15, -0.1) is 6.58 Å². The molecular formula is C27H39N. The molecule has 1 heteroatoms. The Morgan fingerprint density at radius 1 is 0.929 bits per heavy atom. The van der Waals surface area contributed by atoms with Gasteiger partial charge < -0.3 is 0 Å². The molecule has 28 heavy (non-hydrogen) atoms. The maximum atomic E-state index is 5.08. The van der Waals surface area contributed by atoms with Gasteiger partial charge in [-0.25, -0.2) is 0 Å². The molecule has 1 atom stereocenters. The highest BCUT2D eigenvalue weighted by Gasteiger charge is 2.25. The van der Waals surface area contributed by atoms with E-state index in [0.717, 1.165) is 12.1 Å². The van der Waals surface area contributed by atoms with E-state index in [0.29, 0.717) is 11.8 Å². The molecule has 0 aromatic heterocycles. The van der Waals surface area contributed by atoms with Gasteiger partial charge in [-0.2, -0.15) is 0 Å². The summed E-state index contributed by atoms with van der Waals surface area (Å²) in [5, 5.41) is 0. The summed E-state index contributed by atoms with van der Waals surface area (Å²) in [6, 6.07) is 17.2. The molecule has 0 spiro atoms. The summed E-state index contributed by atoms with van der Waals surface area (Å²) in [5.74, 6) is 0.898. The second-order valence-electron chi connectivity index (χ2n) is 8.27. The van der Waals surface area contributed by atoms with Crippen LogP contribution in [-0.4, -0.2) is 6.21 Å². The van der Waals surface area contributed by atoms with E-state index in [2.05, 4.69) is 103 Å². The molecule has 0 saturated carbocycles. The summed E-state index contributed by atoms with van der Waals surface area (Å²) in [5.41, 5.74) is 6.06. The molecule has 2 aromatic rings. The Morgan fingerprint density at radius 2 is 1.43 bits per heavy atom. The normalized spacial score (nSPS) is 13.4. The molecular weight excluding hydrogens is 338 g/mol. The summed E-state index contributed by atoms with van der Waals surface area (Å²) in [4.78, 5) is 5.08. The second kappa shape index (κ2) is 11.0. The maximum absolute atomic E-state index is 5.08. The monoisotopic (exact) mass is 377 g/mol. The van der Waals surface area contributed by atoms with Crippen LogP contribution in [0.25, 0.3) is 0 Å². The zero-order valence-electron chi connectivity index (χ0n) is 19.2. The number of benzene rings is 2. The highest BCUT2D eigenvalue weighted by atomic mass is 14.7. The summed E-state index contributed by atoms with van der Waals surface area (Å²) in [7, 11) is 0. The highest BCUT2D eigenvalue weighted by Crippen LogP contribution is 2.36. The lowest BCUT2D eigenvalue weighted by molar-refractivity contribution is 0.643. The van der Waals surface area contributed by atoms with Crippen molar-refractivity contribution in [2.24, 2.45) is 4.99 Å². The fraction of sp³-hybridized carbons (Fsp3) is 0.444. The van der Waals surface area contributed by atoms with E-state index in [-0.39, 0.29) is 5.41 Å². The minimum atomic E-state index is -0.161. The number of para-hydroxylation sites is 1. The van der Waals surface area contributed by atoms with Crippen molar-refractivity contribution in [3.8, 4) is 0 Å². The Kier molecular flexibility index (Phi) is 9.38. The van der Waals surface area contributed by atoms with E-state index in [9.17, 15) is 0 Å². The molecule has 1 nitrogen and oxygen atoms in total. The van der Waals surface area contributed by atoms with E-state index in [4.69, 9.17) is 4.99 Å². The molecule has 0 amide bonds. The van der Waals surface area contributed by atoms with E-state index < -0.39 is 0 Å². The second-order valence-corrected chi connectivity index (χ2v) is 8.27. The number of hydrogen-bond donors (Lipinski definition) is 0. The predicted molar refractivity (Wildman–Crippen MR) is 127 cm³/mol.